The third kappa shape index (κ3) is 2.89. The Morgan fingerprint density at radius 2 is 2.11 bits per heavy atom. The van der Waals surface area contributed by atoms with Crippen LogP contribution in [0.2, 0.25) is 0 Å². The van der Waals surface area contributed by atoms with Gasteiger partial charge in [0.15, 0.2) is 11.5 Å². The van der Waals surface area contributed by atoms with Crippen LogP contribution in [0.1, 0.15) is 12.8 Å². The summed E-state index contributed by atoms with van der Waals surface area (Å²) in [6.07, 6.45) is 8.82. The number of aromatic nitrogens is 6. The van der Waals surface area contributed by atoms with Crippen molar-refractivity contribution in [2.45, 2.75) is 18.9 Å². The molecule has 1 fully saturated rings. The topological polar surface area (TPSA) is 87.0 Å². The molecular formula is C18H19FN8. The van der Waals surface area contributed by atoms with Crippen LogP contribution in [-0.4, -0.2) is 60.6 Å². The van der Waals surface area contributed by atoms with Gasteiger partial charge >= 0.3 is 0 Å². The molecule has 0 spiro atoms. The minimum absolute atomic E-state index is 0.208. The number of rotatable bonds is 3. The second-order valence-electron chi connectivity index (χ2n) is 6.99. The molecule has 138 valence electrons. The molecule has 0 bridgehead atoms. The van der Waals surface area contributed by atoms with Gasteiger partial charge in [-0.3, -0.25) is 0 Å². The van der Waals surface area contributed by atoms with Crippen molar-refractivity contribution >= 4 is 22.6 Å². The van der Waals surface area contributed by atoms with Crippen LogP contribution < -0.4 is 5.32 Å². The smallest absolute Gasteiger partial charge is 0.224 e. The second-order valence-corrected chi connectivity index (χ2v) is 6.99. The molecule has 5 heterocycles. The summed E-state index contributed by atoms with van der Waals surface area (Å²) in [7, 11) is 2.14. The molecular weight excluding hydrogens is 347 g/mol. The van der Waals surface area contributed by atoms with E-state index in [1.807, 2.05) is 6.20 Å². The van der Waals surface area contributed by atoms with Crippen molar-refractivity contribution in [3.05, 3.63) is 36.8 Å². The molecule has 0 aromatic carbocycles. The van der Waals surface area contributed by atoms with E-state index in [9.17, 15) is 4.39 Å². The monoisotopic (exact) mass is 366 g/mol. The zero-order chi connectivity index (χ0) is 18.4. The van der Waals surface area contributed by atoms with E-state index < -0.39 is 5.82 Å². The molecule has 1 saturated heterocycles. The number of piperidine rings is 1. The Bertz CT molecular complexity index is 1110. The van der Waals surface area contributed by atoms with Crippen molar-refractivity contribution in [2.24, 2.45) is 0 Å². The van der Waals surface area contributed by atoms with E-state index in [-0.39, 0.29) is 5.65 Å². The number of hydrogen-bond acceptors (Lipinski definition) is 6. The quantitative estimate of drug-likeness (QED) is 0.579. The highest BCUT2D eigenvalue weighted by atomic mass is 19.1. The average molecular weight is 366 g/mol. The number of nitrogens with zero attached hydrogens (tertiary/aromatic N) is 6. The Hall–Kier alpha value is -3.07. The van der Waals surface area contributed by atoms with Crippen LogP contribution >= 0.6 is 0 Å². The van der Waals surface area contributed by atoms with Crippen LogP contribution in [0.3, 0.4) is 0 Å². The Balaban J connectivity index is 1.46. The number of halogens is 1. The Morgan fingerprint density at radius 3 is 2.96 bits per heavy atom. The minimum atomic E-state index is -0.416. The third-order valence-electron chi connectivity index (χ3n) is 5.13. The van der Waals surface area contributed by atoms with Crippen LogP contribution in [0.4, 0.5) is 10.3 Å². The highest BCUT2D eigenvalue weighted by molar-refractivity contribution is 5.93. The van der Waals surface area contributed by atoms with Gasteiger partial charge < -0.3 is 15.2 Å². The molecule has 0 atom stereocenters. The lowest BCUT2D eigenvalue weighted by atomic mass is 10.1. The highest BCUT2D eigenvalue weighted by Crippen LogP contribution is 2.29. The first kappa shape index (κ1) is 16.1. The molecule has 0 saturated carbocycles. The molecule has 1 aliphatic heterocycles. The van der Waals surface area contributed by atoms with Crippen molar-refractivity contribution in [2.75, 3.05) is 25.5 Å². The van der Waals surface area contributed by atoms with Crippen LogP contribution in [0.15, 0.2) is 31.0 Å². The molecule has 2 N–H and O–H groups in total. The van der Waals surface area contributed by atoms with Crippen LogP contribution in [0.5, 0.6) is 0 Å². The number of nitrogens with one attached hydrogen (secondary N) is 2. The molecule has 0 aliphatic carbocycles. The number of fused-ring (bicyclic) bond motifs is 2. The lowest BCUT2D eigenvalue weighted by molar-refractivity contribution is 0.263. The molecule has 4 aromatic heterocycles. The SMILES string of the molecule is CN1CCC(Nc2ncc3c(-c4cc(F)c5ncnn5c4)c[nH]c3n2)CC1. The van der Waals surface area contributed by atoms with Gasteiger partial charge in [-0.15, -0.1) is 0 Å². The maximum absolute atomic E-state index is 14.2. The van der Waals surface area contributed by atoms with Crippen LogP contribution in [0, 0.1) is 5.82 Å². The van der Waals surface area contributed by atoms with E-state index in [1.54, 1.807) is 12.4 Å². The first-order valence-corrected chi connectivity index (χ1v) is 8.96. The van der Waals surface area contributed by atoms with Crippen molar-refractivity contribution in [1.82, 2.24) is 34.4 Å². The van der Waals surface area contributed by atoms with E-state index in [4.69, 9.17) is 0 Å². The molecule has 4 aromatic rings. The van der Waals surface area contributed by atoms with Crippen LogP contribution in [-0.2, 0) is 0 Å². The summed E-state index contributed by atoms with van der Waals surface area (Å²) in [5, 5.41) is 8.28. The molecule has 27 heavy (non-hydrogen) atoms. The highest BCUT2D eigenvalue weighted by Gasteiger charge is 2.18. The van der Waals surface area contributed by atoms with Gasteiger partial charge in [0.1, 0.15) is 12.0 Å². The lowest BCUT2D eigenvalue weighted by Gasteiger charge is -2.29. The Morgan fingerprint density at radius 1 is 1.26 bits per heavy atom. The maximum atomic E-state index is 14.2. The standard InChI is InChI=1S/C18H19FN8/c1-26-4-2-12(3-5-26)24-18-21-8-14-13(7-20-16(14)25-18)11-6-15(19)17-22-10-23-27(17)9-11/h6-10,12H,2-5H2,1H3,(H2,20,21,24,25). The number of hydrogen-bond donors (Lipinski definition) is 2. The summed E-state index contributed by atoms with van der Waals surface area (Å²) in [5.41, 5.74) is 2.44. The molecule has 0 amide bonds. The predicted octanol–water partition coefficient (Wildman–Crippen LogP) is 2.31. The molecule has 8 nitrogen and oxygen atoms in total. The second kappa shape index (κ2) is 6.27. The summed E-state index contributed by atoms with van der Waals surface area (Å²) in [6.45, 7) is 2.14. The number of anilines is 1. The summed E-state index contributed by atoms with van der Waals surface area (Å²) >= 11 is 0. The summed E-state index contributed by atoms with van der Waals surface area (Å²) in [6, 6.07) is 1.84. The third-order valence-corrected chi connectivity index (χ3v) is 5.13. The molecule has 5 rings (SSSR count). The van der Waals surface area contributed by atoms with Crippen molar-refractivity contribution in [3.8, 4) is 11.1 Å². The number of pyridine rings is 1. The average Bonchev–Trinajstić information content (AvgIpc) is 3.30. The maximum Gasteiger partial charge on any atom is 0.224 e. The molecule has 9 heteroatoms. The Kier molecular flexibility index (Phi) is 3.75. The van der Waals surface area contributed by atoms with Gasteiger partial charge in [-0.05, 0) is 39.0 Å². The fourth-order valence-electron chi connectivity index (χ4n) is 3.58. The van der Waals surface area contributed by atoms with Crippen molar-refractivity contribution < 1.29 is 4.39 Å². The number of likely N-dealkylation sites (tertiary alicyclic amines) is 1. The summed E-state index contributed by atoms with van der Waals surface area (Å²) in [4.78, 5) is 18.5. The van der Waals surface area contributed by atoms with E-state index in [2.05, 4.69) is 42.3 Å². The van der Waals surface area contributed by atoms with Gasteiger partial charge in [0.05, 0.1) is 0 Å². The largest absolute Gasteiger partial charge is 0.351 e. The molecule has 0 radical (unpaired) electrons. The molecule has 1 aliphatic rings. The van der Waals surface area contributed by atoms with Gasteiger partial charge in [-0.2, -0.15) is 10.1 Å². The fourth-order valence-corrected chi connectivity index (χ4v) is 3.58. The van der Waals surface area contributed by atoms with Gasteiger partial charge in [-0.1, -0.05) is 0 Å². The molecule has 0 unspecified atom stereocenters. The lowest BCUT2D eigenvalue weighted by Crippen LogP contribution is -2.37. The van der Waals surface area contributed by atoms with E-state index in [0.29, 0.717) is 17.6 Å². The van der Waals surface area contributed by atoms with Gasteiger partial charge in [-0.25, -0.2) is 18.9 Å². The first-order valence-electron chi connectivity index (χ1n) is 8.96. The van der Waals surface area contributed by atoms with Crippen molar-refractivity contribution in [3.63, 3.8) is 0 Å². The normalized spacial score (nSPS) is 16.4. The summed E-state index contributed by atoms with van der Waals surface area (Å²) in [5.74, 6) is 0.198. The zero-order valence-corrected chi connectivity index (χ0v) is 14.9. The van der Waals surface area contributed by atoms with Crippen LogP contribution in [0.25, 0.3) is 27.8 Å². The number of H-pyrrole nitrogens is 1. The number of aromatic amines is 1. The minimum Gasteiger partial charge on any atom is -0.351 e. The zero-order valence-electron chi connectivity index (χ0n) is 14.9. The van der Waals surface area contributed by atoms with E-state index >= 15 is 0 Å². The van der Waals surface area contributed by atoms with Gasteiger partial charge in [0.2, 0.25) is 5.95 Å². The van der Waals surface area contributed by atoms with Crippen molar-refractivity contribution in [1.29, 1.82) is 0 Å². The van der Waals surface area contributed by atoms with Gasteiger partial charge in [0.25, 0.3) is 0 Å². The van der Waals surface area contributed by atoms with Gasteiger partial charge in [0, 0.05) is 41.1 Å². The predicted molar refractivity (Wildman–Crippen MR) is 100.0 cm³/mol. The summed E-state index contributed by atoms with van der Waals surface area (Å²) < 4.78 is 15.7. The Labute approximate surface area is 154 Å². The van der Waals surface area contributed by atoms with E-state index in [1.165, 1.54) is 16.9 Å². The fraction of sp³-hybridized carbons (Fsp3) is 0.333. The van der Waals surface area contributed by atoms with E-state index in [0.717, 1.165) is 42.5 Å². The first-order chi connectivity index (χ1) is 13.2.